The highest BCUT2D eigenvalue weighted by atomic mass is 32.1. The van der Waals surface area contributed by atoms with E-state index in [0.717, 1.165) is 22.8 Å². The zero-order valence-corrected chi connectivity index (χ0v) is 12.1. The Morgan fingerprint density at radius 3 is 2.75 bits per heavy atom. The average molecular weight is 298 g/mol. The molecule has 1 aromatic carbocycles. The van der Waals surface area contributed by atoms with Crippen LogP contribution in [-0.2, 0) is 6.54 Å². The van der Waals surface area contributed by atoms with Gasteiger partial charge in [0.05, 0.1) is 16.8 Å². The Labute approximate surface area is 120 Å². The van der Waals surface area contributed by atoms with E-state index in [2.05, 4.69) is 4.98 Å². The van der Waals surface area contributed by atoms with Gasteiger partial charge in [-0.05, 0) is 20.0 Å². The van der Waals surface area contributed by atoms with E-state index in [9.17, 15) is 13.9 Å². The van der Waals surface area contributed by atoms with Crippen molar-refractivity contribution in [1.82, 2.24) is 9.88 Å². The summed E-state index contributed by atoms with van der Waals surface area (Å²) in [6.45, 7) is 2.75. The first-order chi connectivity index (χ1) is 9.45. The maximum Gasteiger partial charge on any atom is 0.131 e. The monoisotopic (exact) mass is 298 g/mol. The minimum absolute atomic E-state index is 0.104. The van der Waals surface area contributed by atoms with Gasteiger partial charge in [-0.1, -0.05) is 6.07 Å². The normalized spacial score (nSPS) is 12.9. The maximum absolute atomic E-state index is 13.6. The number of hydrogen-bond acceptors (Lipinski definition) is 4. The van der Waals surface area contributed by atoms with Crippen LogP contribution < -0.4 is 0 Å². The molecule has 0 saturated heterocycles. The molecule has 0 aliphatic heterocycles. The van der Waals surface area contributed by atoms with Crippen molar-refractivity contribution < 1.29 is 13.9 Å². The molecule has 20 heavy (non-hydrogen) atoms. The van der Waals surface area contributed by atoms with Crippen molar-refractivity contribution in [3.8, 4) is 0 Å². The van der Waals surface area contributed by atoms with Crippen LogP contribution in [0.5, 0.6) is 0 Å². The van der Waals surface area contributed by atoms with Gasteiger partial charge in [-0.15, -0.1) is 11.3 Å². The summed E-state index contributed by atoms with van der Waals surface area (Å²) >= 11 is 1.56. The van der Waals surface area contributed by atoms with Crippen LogP contribution in [0.1, 0.15) is 22.4 Å². The van der Waals surface area contributed by atoms with Crippen molar-refractivity contribution in [2.45, 2.75) is 19.6 Å². The fourth-order valence-corrected chi connectivity index (χ4v) is 2.59. The van der Waals surface area contributed by atoms with Gasteiger partial charge in [-0.2, -0.15) is 0 Å². The second kappa shape index (κ2) is 6.39. The number of nitrogens with zero attached hydrogens (tertiary/aromatic N) is 2. The number of aliphatic hydroxyl groups is 1. The van der Waals surface area contributed by atoms with Crippen LogP contribution >= 0.6 is 11.3 Å². The highest BCUT2D eigenvalue weighted by molar-refractivity contribution is 7.09. The van der Waals surface area contributed by atoms with Crippen LogP contribution in [0.4, 0.5) is 8.78 Å². The lowest BCUT2D eigenvalue weighted by Gasteiger charge is -2.20. The molecule has 0 amide bonds. The number of halogens is 2. The Balaban J connectivity index is 1.98. The van der Waals surface area contributed by atoms with Crippen molar-refractivity contribution >= 4 is 11.3 Å². The number of likely N-dealkylation sites (N-methyl/N-ethyl adjacent to an activating group) is 1. The minimum Gasteiger partial charge on any atom is -0.387 e. The Bertz CT molecular complexity index is 588. The molecule has 2 aromatic rings. The van der Waals surface area contributed by atoms with Crippen LogP contribution in [0.25, 0.3) is 0 Å². The summed E-state index contributed by atoms with van der Waals surface area (Å²) < 4.78 is 26.4. The van der Waals surface area contributed by atoms with Gasteiger partial charge >= 0.3 is 0 Å². The number of aryl methyl sites for hydroxylation is 1. The Morgan fingerprint density at radius 2 is 2.15 bits per heavy atom. The molecule has 0 bridgehead atoms. The molecule has 108 valence electrons. The first-order valence-corrected chi connectivity index (χ1v) is 7.06. The molecule has 1 heterocycles. The van der Waals surface area contributed by atoms with E-state index >= 15 is 0 Å². The van der Waals surface area contributed by atoms with Gasteiger partial charge in [0.25, 0.3) is 0 Å². The van der Waals surface area contributed by atoms with Crippen LogP contribution in [0.15, 0.2) is 23.6 Å². The molecule has 1 N–H and O–H groups in total. The predicted octanol–water partition coefficient (Wildman–Crippen LogP) is 2.90. The second-order valence-electron chi connectivity index (χ2n) is 4.74. The molecule has 1 aromatic heterocycles. The molecular weight excluding hydrogens is 282 g/mol. The lowest BCUT2D eigenvalue weighted by atomic mass is 10.1. The van der Waals surface area contributed by atoms with Crippen LogP contribution in [0.3, 0.4) is 0 Å². The molecule has 3 nitrogen and oxygen atoms in total. The molecule has 2 rings (SSSR count). The summed E-state index contributed by atoms with van der Waals surface area (Å²) in [6, 6.07) is 3.20. The Hall–Kier alpha value is -1.37. The van der Waals surface area contributed by atoms with Crippen LogP contribution in [0.2, 0.25) is 0 Å². The SMILES string of the molecule is Cc1nc(CN(C)CC(O)c2ccc(F)cc2F)cs1. The smallest absolute Gasteiger partial charge is 0.131 e. The molecular formula is C14H16F2N2OS. The lowest BCUT2D eigenvalue weighted by molar-refractivity contribution is 0.120. The highest BCUT2D eigenvalue weighted by Crippen LogP contribution is 2.19. The number of aromatic nitrogens is 1. The van der Waals surface area contributed by atoms with Gasteiger partial charge in [-0.25, -0.2) is 13.8 Å². The van der Waals surface area contributed by atoms with Gasteiger partial charge in [-0.3, -0.25) is 4.90 Å². The van der Waals surface area contributed by atoms with E-state index in [-0.39, 0.29) is 12.1 Å². The van der Waals surface area contributed by atoms with Crippen molar-refractivity contribution in [2.24, 2.45) is 0 Å². The zero-order valence-electron chi connectivity index (χ0n) is 11.3. The lowest BCUT2D eigenvalue weighted by Crippen LogP contribution is -2.25. The standard InChI is InChI=1S/C14H16F2N2OS/c1-9-17-11(8-20-9)6-18(2)7-14(19)12-4-3-10(15)5-13(12)16/h3-5,8,14,19H,6-7H2,1-2H3. The van der Waals surface area contributed by atoms with Gasteiger partial charge in [0.2, 0.25) is 0 Å². The Kier molecular flexibility index (Phi) is 4.80. The Morgan fingerprint density at radius 1 is 1.40 bits per heavy atom. The minimum atomic E-state index is -1.000. The maximum atomic E-state index is 13.6. The predicted molar refractivity (Wildman–Crippen MR) is 74.5 cm³/mol. The van der Waals surface area contributed by atoms with Crippen molar-refractivity contribution in [2.75, 3.05) is 13.6 Å². The summed E-state index contributed by atoms with van der Waals surface area (Å²) in [5.41, 5.74) is 1.02. The van der Waals surface area contributed by atoms with E-state index in [1.807, 2.05) is 24.3 Å². The topological polar surface area (TPSA) is 36.4 Å². The second-order valence-corrected chi connectivity index (χ2v) is 5.80. The van der Waals surface area contributed by atoms with Crippen LogP contribution in [0, 0.1) is 18.6 Å². The van der Waals surface area contributed by atoms with Gasteiger partial charge in [0.1, 0.15) is 11.6 Å². The molecule has 0 aliphatic rings. The quantitative estimate of drug-likeness (QED) is 0.922. The summed E-state index contributed by atoms with van der Waals surface area (Å²) in [5.74, 6) is -1.37. The molecule has 0 radical (unpaired) electrons. The van der Waals surface area contributed by atoms with Crippen molar-refractivity contribution in [1.29, 1.82) is 0 Å². The summed E-state index contributed by atoms with van der Waals surface area (Å²) in [6.07, 6.45) is -1.000. The van der Waals surface area contributed by atoms with Crippen molar-refractivity contribution in [3.63, 3.8) is 0 Å². The first kappa shape index (κ1) is 15.0. The van der Waals surface area contributed by atoms with Gasteiger partial charge < -0.3 is 5.11 Å². The fraction of sp³-hybridized carbons (Fsp3) is 0.357. The molecule has 0 spiro atoms. The average Bonchev–Trinajstić information content (AvgIpc) is 2.74. The molecule has 0 aliphatic carbocycles. The third-order valence-corrected chi connectivity index (χ3v) is 3.73. The third-order valence-electron chi connectivity index (χ3n) is 2.90. The zero-order chi connectivity index (χ0) is 14.7. The largest absolute Gasteiger partial charge is 0.387 e. The molecule has 0 fully saturated rings. The first-order valence-electron chi connectivity index (χ1n) is 6.18. The molecule has 6 heteroatoms. The summed E-state index contributed by atoms with van der Waals surface area (Å²) in [5, 5.41) is 13.0. The summed E-state index contributed by atoms with van der Waals surface area (Å²) in [4.78, 5) is 6.18. The van der Waals surface area contributed by atoms with E-state index in [1.165, 1.54) is 6.07 Å². The number of rotatable bonds is 5. The van der Waals surface area contributed by atoms with E-state index in [0.29, 0.717) is 6.54 Å². The highest BCUT2D eigenvalue weighted by Gasteiger charge is 2.16. The molecule has 1 atom stereocenters. The van der Waals surface area contributed by atoms with Crippen molar-refractivity contribution in [3.05, 3.63) is 51.5 Å². The van der Waals surface area contributed by atoms with Gasteiger partial charge in [0, 0.05) is 30.1 Å². The fourth-order valence-electron chi connectivity index (χ4n) is 1.99. The molecule has 1 unspecified atom stereocenters. The third kappa shape index (κ3) is 3.82. The number of benzene rings is 1. The number of thiazole rings is 1. The van der Waals surface area contributed by atoms with Crippen LogP contribution in [-0.4, -0.2) is 28.6 Å². The number of aliphatic hydroxyl groups excluding tert-OH is 1. The van der Waals surface area contributed by atoms with Gasteiger partial charge in [0.15, 0.2) is 0 Å². The van der Waals surface area contributed by atoms with E-state index in [1.54, 1.807) is 11.3 Å². The van der Waals surface area contributed by atoms with E-state index in [4.69, 9.17) is 0 Å². The number of hydrogen-bond donors (Lipinski definition) is 1. The molecule has 0 saturated carbocycles. The van der Waals surface area contributed by atoms with E-state index < -0.39 is 17.7 Å². The summed E-state index contributed by atoms with van der Waals surface area (Å²) in [7, 11) is 1.82.